The minimum Gasteiger partial charge on any atom is -0.332 e. The number of rotatable bonds is 3. The number of benzene rings is 2. The van der Waals surface area contributed by atoms with Gasteiger partial charge in [-0.3, -0.25) is 0 Å². The van der Waals surface area contributed by atoms with Crippen molar-refractivity contribution in [3.05, 3.63) is 65.0 Å². The molecule has 0 saturated carbocycles. The lowest BCUT2D eigenvalue weighted by atomic mass is 10.1. The predicted molar refractivity (Wildman–Crippen MR) is 86.7 cm³/mol. The molecule has 0 aliphatic heterocycles. The fourth-order valence-corrected chi connectivity index (χ4v) is 2.85. The lowest BCUT2D eigenvalue weighted by Gasteiger charge is -2.03. The fourth-order valence-electron chi connectivity index (χ4n) is 2.11. The van der Waals surface area contributed by atoms with Crippen molar-refractivity contribution < 1.29 is 0 Å². The molecule has 20 heavy (non-hydrogen) atoms. The van der Waals surface area contributed by atoms with E-state index in [1.807, 2.05) is 6.07 Å². The first-order chi connectivity index (χ1) is 9.70. The van der Waals surface area contributed by atoms with Gasteiger partial charge in [0.05, 0.1) is 5.69 Å². The molecule has 0 atom stereocenters. The number of nitrogens with one attached hydrogen (secondary N) is 1. The second kappa shape index (κ2) is 5.47. The average molecular weight is 280 g/mol. The van der Waals surface area contributed by atoms with Crippen LogP contribution in [-0.4, -0.2) is 4.98 Å². The first-order valence-electron chi connectivity index (χ1n) is 6.57. The second-order valence-corrected chi connectivity index (χ2v) is 5.76. The second-order valence-electron chi connectivity index (χ2n) is 4.90. The van der Waals surface area contributed by atoms with Gasteiger partial charge >= 0.3 is 0 Å². The quantitative estimate of drug-likeness (QED) is 0.716. The van der Waals surface area contributed by atoms with Gasteiger partial charge in [-0.25, -0.2) is 4.98 Å². The third kappa shape index (κ3) is 2.89. The molecule has 0 spiro atoms. The number of aryl methyl sites for hydroxylation is 2. The van der Waals surface area contributed by atoms with Gasteiger partial charge in [0.15, 0.2) is 5.13 Å². The van der Waals surface area contributed by atoms with Gasteiger partial charge in [0.25, 0.3) is 0 Å². The van der Waals surface area contributed by atoms with E-state index in [2.05, 4.69) is 72.0 Å². The Hall–Kier alpha value is -2.13. The van der Waals surface area contributed by atoms with Crippen molar-refractivity contribution in [2.75, 3.05) is 5.32 Å². The normalized spacial score (nSPS) is 10.5. The summed E-state index contributed by atoms with van der Waals surface area (Å²) in [6.45, 7) is 4.19. The summed E-state index contributed by atoms with van der Waals surface area (Å²) in [4.78, 5) is 4.65. The van der Waals surface area contributed by atoms with Gasteiger partial charge in [-0.05, 0) is 37.6 Å². The Bertz CT molecular complexity index is 731. The molecular weight excluding hydrogens is 264 g/mol. The third-order valence-corrected chi connectivity index (χ3v) is 3.85. The van der Waals surface area contributed by atoms with E-state index in [0.29, 0.717) is 0 Å². The van der Waals surface area contributed by atoms with Crippen LogP contribution in [0.2, 0.25) is 0 Å². The van der Waals surface area contributed by atoms with Gasteiger partial charge in [0.2, 0.25) is 0 Å². The van der Waals surface area contributed by atoms with Gasteiger partial charge in [-0.15, -0.1) is 11.3 Å². The summed E-state index contributed by atoms with van der Waals surface area (Å²) in [6, 6.07) is 16.7. The Morgan fingerprint density at radius 2 is 1.70 bits per heavy atom. The van der Waals surface area contributed by atoms with Gasteiger partial charge in [0, 0.05) is 16.6 Å². The molecule has 0 fully saturated rings. The maximum absolute atomic E-state index is 4.65. The summed E-state index contributed by atoms with van der Waals surface area (Å²) >= 11 is 1.63. The van der Waals surface area contributed by atoms with Crippen LogP contribution >= 0.6 is 11.3 Å². The zero-order chi connectivity index (χ0) is 13.9. The maximum Gasteiger partial charge on any atom is 0.187 e. The van der Waals surface area contributed by atoms with Crippen LogP contribution in [0.5, 0.6) is 0 Å². The molecule has 0 radical (unpaired) electrons. The molecule has 2 nitrogen and oxygen atoms in total. The molecule has 3 heteroatoms. The molecule has 0 aliphatic carbocycles. The minimum absolute atomic E-state index is 0.923. The van der Waals surface area contributed by atoms with E-state index in [1.165, 1.54) is 16.7 Å². The Morgan fingerprint density at radius 1 is 0.950 bits per heavy atom. The Kier molecular flexibility index (Phi) is 3.52. The van der Waals surface area contributed by atoms with Crippen LogP contribution in [-0.2, 0) is 0 Å². The number of aromatic nitrogens is 1. The van der Waals surface area contributed by atoms with E-state index < -0.39 is 0 Å². The van der Waals surface area contributed by atoms with Crippen LogP contribution in [0.4, 0.5) is 10.8 Å². The van der Waals surface area contributed by atoms with Gasteiger partial charge < -0.3 is 5.32 Å². The number of hydrogen-bond donors (Lipinski definition) is 1. The summed E-state index contributed by atoms with van der Waals surface area (Å²) in [5.41, 5.74) is 5.76. The molecule has 1 heterocycles. The zero-order valence-electron chi connectivity index (χ0n) is 11.6. The predicted octanol–water partition coefficient (Wildman–Crippen LogP) is 5.17. The maximum atomic E-state index is 4.65. The van der Waals surface area contributed by atoms with Crippen LogP contribution in [0.1, 0.15) is 11.1 Å². The fraction of sp³-hybridized carbons (Fsp3) is 0.118. The summed E-state index contributed by atoms with van der Waals surface area (Å²) in [5, 5.41) is 6.37. The monoisotopic (exact) mass is 280 g/mol. The summed E-state index contributed by atoms with van der Waals surface area (Å²) < 4.78 is 0. The van der Waals surface area contributed by atoms with E-state index in [0.717, 1.165) is 16.5 Å². The molecule has 0 unspecified atom stereocenters. The van der Waals surface area contributed by atoms with Crippen LogP contribution in [0.3, 0.4) is 0 Å². The molecular formula is C17H16N2S. The standard InChI is InChI=1S/C17H16N2S/c1-12-5-3-7-14(9-12)16-11-20-17(19-16)18-15-8-4-6-13(2)10-15/h3-11H,1-2H3,(H,18,19). The van der Waals surface area contributed by atoms with E-state index in [-0.39, 0.29) is 0 Å². The van der Waals surface area contributed by atoms with Crippen LogP contribution < -0.4 is 5.32 Å². The SMILES string of the molecule is Cc1cccc(Nc2nc(-c3cccc(C)c3)cs2)c1. The highest BCUT2D eigenvalue weighted by atomic mass is 32.1. The number of anilines is 2. The van der Waals surface area contributed by atoms with Gasteiger partial charge in [-0.2, -0.15) is 0 Å². The highest BCUT2D eigenvalue weighted by Gasteiger charge is 2.05. The van der Waals surface area contributed by atoms with Gasteiger partial charge in [-0.1, -0.05) is 35.9 Å². The average Bonchev–Trinajstić information content (AvgIpc) is 2.87. The summed E-state index contributed by atoms with van der Waals surface area (Å²) in [6.07, 6.45) is 0. The van der Waals surface area contributed by atoms with E-state index in [9.17, 15) is 0 Å². The molecule has 3 aromatic rings. The lowest BCUT2D eigenvalue weighted by molar-refractivity contribution is 1.36. The Morgan fingerprint density at radius 3 is 2.45 bits per heavy atom. The van der Waals surface area contributed by atoms with Gasteiger partial charge in [0.1, 0.15) is 0 Å². The summed E-state index contributed by atoms with van der Waals surface area (Å²) in [7, 11) is 0. The first kappa shape index (κ1) is 12.9. The molecule has 0 saturated heterocycles. The topological polar surface area (TPSA) is 24.9 Å². The number of nitrogens with zero attached hydrogens (tertiary/aromatic N) is 1. The van der Waals surface area contributed by atoms with Crippen LogP contribution in [0, 0.1) is 13.8 Å². The molecule has 1 N–H and O–H groups in total. The zero-order valence-corrected chi connectivity index (χ0v) is 12.4. The van der Waals surface area contributed by atoms with Crippen LogP contribution in [0.15, 0.2) is 53.9 Å². The van der Waals surface area contributed by atoms with E-state index in [4.69, 9.17) is 0 Å². The Labute approximate surface area is 123 Å². The smallest absolute Gasteiger partial charge is 0.187 e. The van der Waals surface area contributed by atoms with Crippen molar-refractivity contribution in [3.63, 3.8) is 0 Å². The van der Waals surface area contributed by atoms with E-state index >= 15 is 0 Å². The Balaban J connectivity index is 1.84. The minimum atomic E-state index is 0.923. The van der Waals surface area contributed by atoms with Crippen molar-refractivity contribution in [1.82, 2.24) is 4.98 Å². The molecule has 1 aromatic heterocycles. The number of hydrogen-bond acceptors (Lipinski definition) is 3. The third-order valence-electron chi connectivity index (χ3n) is 3.09. The van der Waals surface area contributed by atoms with Crippen molar-refractivity contribution >= 4 is 22.2 Å². The van der Waals surface area contributed by atoms with Crippen molar-refractivity contribution in [2.24, 2.45) is 0 Å². The largest absolute Gasteiger partial charge is 0.332 e. The lowest BCUT2D eigenvalue weighted by Crippen LogP contribution is -1.90. The highest BCUT2D eigenvalue weighted by Crippen LogP contribution is 2.27. The summed E-state index contributed by atoms with van der Waals surface area (Å²) in [5.74, 6) is 0. The molecule has 0 bridgehead atoms. The molecule has 0 aliphatic rings. The molecule has 100 valence electrons. The molecule has 0 amide bonds. The van der Waals surface area contributed by atoms with Crippen molar-refractivity contribution in [1.29, 1.82) is 0 Å². The molecule has 3 rings (SSSR count). The van der Waals surface area contributed by atoms with Crippen molar-refractivity contribution in [3.8, 4) is 11.3 Å². The highest BCUT2D eigenvalue weighted by molar-refractivity contribution is 7.14. The molecule has 2 aromatic carbocycles. The van der Waals surface area contributed by atoms with E-state index in [1.54, 1.807) is 11.3 Å². The van der Waals surface area contributed by atoms with Crippen molar-refractivity contribution in [2.45, 2.75) is 13.8 Å². The first-order valence-corrected chi connectivity index (χ1v) is 7.45. The number of thiazole rings is 1. The van der Waals surface area contributed by atoms with Crippen LogP contribution in [0.25, 0.3) is 11.3 Å².